The molecule has 2 heteroatoms. The van der Waals surface area contributed by atoms with E-state index in [9.17, 15) is 0 Å². The van der Waals surface area contributed by atoms with Gasteiger partial charge in [0.25, 0.3) is 0 Å². The molecule has 0 atom stereocenters. The van der Waals surface area contributed by atoms with Gasteiger partial charge < -0.3 is 8.97 Å². The lowest BCUT2D eigenvalue weighted by Crippen LogP contribution is -1.91. The van der Waals surface area contributed by atoms with Gasteiger partial charge in [-0.25, -0.2) is 0 Å². The highest BCUT2D eigenvalue weighted by atomic mass is 15.0. The maximum absolute atomic E-state index is 2.49. The summed E-state index contributed by atoms with van der Waals surface area (Å²) < 4.78 is 4.86. The second-order valence-electron chi connectivity index (χ2n) is 9.04. The van der Waals surface area contributed by atoms with Crippen LogP contribution in [0.3, 0.4) is 0 Å². The number of hydrogen-bond acceptors (Lipinski definition) is 0. The van der Waals surface area contributed by atoms with E-state index < -0.39 is 0 Å². The van der Waals surface area contributed by atoms with Crippen molar-refractivity contribution in [1.82, 2.24) is 8.97 Å². The summed E-state index contributed by atoms with van der Waals surface area (Å²) in [6.45, 7) is 0. The number of fused-ring (bicyclic) bond motifs is 10. The fraction of sp³-hybridized carbons (Fsp3) is 0.0323. The zero-order chi connectivity index (χ0) is 21.7. The summed E-state index contributed by atoms with van der Waals surface area (Å²) >= 11 is 0. The maximum Gasteiger partial charge on any atom is 0.0620 e. The Hall–Kier alpha value is -4.30. The van der Waals surface area contributed by atoms with Crippen molar-refractivity contribution in [1.29, 1.82) is 0 Å². The topological polar surface area (TPSA) is 9.34 Å². The van der Waals surface area contributed by atoms with Crippen molar-refractivity contribution in [2.75, 3.05) is 0 Å². The Morgan fingerprint density at radius 1 is 0.485 bits per heavy atom. The standard InChI is InChI=1S/C31H20N2/c1-32-25-16-7-6-13-22(25)29-28-23-15-9-14-21-20-12-5-8-17-26(20)33(30(21)23)27(28)18-24(31(29)32)19-10-3-2-4-11-19/h2-18H,1H3. The number of hydrogen-bond donors (Lipinski definition) is 0. The van der Waals surface area contributed by atoms with Crippen molar-refractivity contribution >= 4 is 59.9 Å². The first kappa shape index (κ1) is 17.3. The Kier molecular flexibility index (Phi) is 3.11. The molecule has 0 saturated carbocycles. The first-order valence-electron chi connectivity index (χ1n) is 11.5. The van der Waals surface area contributed by atoms with E-state index in [2.05, 4.69) is 119 Å². The summed E-state index contributed by atoms with van der Waals surface area (Å²) in [5, 5.41) is 8.00. The molecular formula is C31H20N2. The largest absolute Gasteiger partial charge is 0.343 e. The number of aromatic nitrogens is 2. The number of rotatable bonds is 1. The molecule has 0 unspecified atom stereocenters. The molecule has 8 aromatic rings. The van der Waals surface area contributed by atoms with Crippen molar-refractivity contribution in [2.24, 2.45) is 7.05 Å². The second kappa shape index (κ2) is 5.93. The van der Waals surface area contributed by atoms with Crippen LogP contribution in [0.2, 0.25) is 0 Å². The molecule has 0 bridgehead atoms. The first-order valence-corrected chi connectivity index (χ1v) is 11.5. The van der Waals surface area contributed by atoms with Gasteiger partial charge in [-0.1, -0.05) is 84.9 Å². The maximum atomic E-state index is 2.49. The summed E-state index contributed by atoms with van der Waals surface area (Å²) in [5.74, 6) is 0. The van der Waals surface area contributed by atoms with Crippen LogP contribution in [0.25, 0.3) is 71.0 Å². The van der Waals surface area contributed by atoms with E-state index in [0.717, 1.165) is 0 Å². The van der Waals surface area contributed by atoms with Gasteiger partial charge in [0, 0.05) is 50.4 Å². The molecule has 2 nitrogen and oxygen atoms in total. The van der Waals surface area contributed by atoms with E-state index in [1.54, 1.807) is 0 Å². The van der Waals surface area contributed by atoms with Crippen LogP contribution in [0, 0.1) is 0 Å². The van der Waals surface area contributed by atoms with E-state index in [4.69, 9.17) is 0 Å². The Bertz CT molecular complexity index is 2020. The normalized spacial score (nSPS) is 12.4. The Morgan fingerprint density at radius 2 is 1.15 bits per heavy atom. The highest BCUT2D eigenvalue weighted by molar-refractivity contribution is 6.34. The quantitative estimate of drug-likeness (QED) is 0.253. The average molecular weight is 421 g/mol. The third-order valence-electron chi connectivity index (χ3n) is 7.44. The Labute approximate surface area is 190 Å². The number of para-hydroxylation sites is 3. The zero-order valence-corrected chi connectivity index (χ0v) is 18.2. The molecule has 0 fully saturated rings. The molecule has 0 spiro atoms. The van der Waals surface area contributed by atoms with Crippen molar-refractivity contribution in [2.45, 2.75) is 0 Å². The zero-order valence-electron chi connectivity index (χ0n) is 18.2. The minimum Gasteiger partial charge on any atom is -0.343 e. The molecule has 3 heterocycles. The van der Waals surface area contributed by atoms with Crippen LogP contribution in [0.5, 0.6) is 0 Å². The molecule has 8 rings (SSSR count). The van der Waals surface area contributed by atoms with Gasteiger partial charge in [0.1, 0.15) is 0 Å². The predicted octanol–water partition coefficient (Wildman–Crippen LogP) is 8.15. The lowest BCUT2D eigenvalue weighted by Gasteiger charge is -2.09. The summed E-state index contributed by atoms with van der Waals surface area (Å²) in [7, 11) is 2.20. The van der Waals surface area contributed by atoms with Gasteiger partial charge in [0.2, 0.25) is 0 Å². The molecule has 0 radical (unpaired) electrons. The van der Waals surface area contributed by atoms with Crippen molar-refractivity contribution in [3.63, 3.8) is 0 Å². The lowest BCUT2D eigenvalue weighted by molar-refractivity contribution is 1.02. The molecule has 3 aromatic heterocycles. The second-order valence-corrected chi connectivity index (χ2v) is 9.04. The smallest absolute Gasteiger partial charge is 0.0620 e. The van der Waals surface area contributed by atoms with Crippen LogP contribution in [0.15, 0.2) is 103 Å². The highest BCUT2D eigenvalue weighted by Crippen LogP contribution is 2.46. The molecule has 33 heavy (non-hydrogen) atoms. The average Bonchev–Trinajstić information content (AvgIpc) is 3.49. The Balaban J connectivity index is 1.76. The van der Waals surface area contributed by atoms with Crippen molar-refractivity contribution in [3.8, 4) is 11.1 Å². The van der Waals surface area contributed by atoms with Gasteiger partial charge in [-0.05, 0) is 23.8 Å². The SMILES string of the molecule is Cn1c2ccccc2c2c3c4cccc5c6ccccc6n(c3cc(-c3ccccc3)c21)c54. The number of benzene rings is 5. The van der Waals surface area contributed by atoms with E-state index in [0.29, 0.717) is 0 Å². The molecule has 0 aliphatic carbocycles. The summed E-state index contributed by atoms with van der Waals surface area (Å²) in [6, 6.07) is 37.6. The van der Waals surface area contributed by atoms with Crippen LogP contribution < -0.4 is 0 Å². The third kappa shape index (κ3) is 2.00. The van der Waals surface area contributed by atoms with Gasteiger partial charge in [0.15, 0.2) is 0 Å². The third-order valence-corrected chi connectivity index (χ3v) is 7.44. The van der Waals surface area contributed by atoms with Crippen LogP contribution in [-0.4, -0.2) is 8.97 Å². The molecule has 0 aliphatic heterocycles. The van der Waals surface area contributed by atoms with Crippen LogP contribution in [-0.2, 0) is 7.05 Å². The van der Waals surface area contributed by atoms with Crippen LogP contribution in [0.1, 0.15) is 0 Å². The van der Waals surface area contributed by atoms with E-state index in [1.807, 2.05) is 0 Å². The minimum absolute atomic E-state index is 1.25. The van der Waals surface area contributed by atoms with Gasteiger partial charge in [-0.3, -0.25) is 0 Å². The van der Waals surface area contributed by atoms with E-state index in [-0.39, 0.29) is 0 Å². The fourth-order valence-corrected chi connectivity index (χ4v) is 6.12. The summed E-state index contributed by atoms with van der Waals surface area (Å²) in [5.41, 5.74) is 8.98. The van der Waals surface area contributed by atoms with Gasteiger partial charge in [-0.15, -0.1) is 0 Å². The molecular weight excluding hydrogens is 400 g/mol. The number of aryl methyl sites for hydroxylation is 1. The Morgan fingerprint density at radius 3 is 2.00 bits per heavy atom. The first-order chi connectivity index (χ1) is 16.3. The molecule has 0 aliphatic rings. The van der Waals surface area contributed by atoms with E-state index in [1.165, 1.54) is 71.0 Å². The highest BCUT2D eigenvalue weighted by Gasteiger charge is 2.23. The summed E-state index contributed by atoms with van der Waals surface area (Å²) in [4.78, 5) is 0. The van der Waals surface area contributed by atoms with Gasteiger partial charge in [0.05, 0.1) is 22.1 Å². The molecule has 154 valence electrons. The van der Waals surface area contributed by atoms with Crippen molar-refractivity contribution < 1.29 is 0 Å². The number of nitrogens with zero attached hydrogens (tertiary/aromatic N) is 2. The molecule has 0 amide bonds. The van der Waals surface area contributed by atoms with Crippen molar-refractivity contribution in [3.05, 3.63) is 103 Å². The fourth-order valence-electron chi connectivity index (χ4n) is 6.12. The molecule has 5 aromatic carbocycles. The monoisotopic (exact) mass is 420 g/mol. The van der Waals surface area contributed by atoms with E-state index >= 15 is 0 Å². The summed E-state index contributed by atoms with van der Waals surface area (Å²) in [6.07, 6.45) is 0. The van der Waals surface area contributed by atoms with Crippen LogP contribution >= 0.6 is 0 Å². The predicted molar refractivity (Wildman–Crippen MR) is 141 cm³/mol. The lowest BCUT2D eigenvalue weighted by atomic mass is 9.97. The van der Waals surface area contributed by atoms with Gasteiger partial charge >= 0.3 is 0 Å². The minimum atomic E-state index is 1.25. The van der Waals surface area contributed by atoms with Gasteiger partial charge in [-0.2, -0.15) is 0 Å². The molecule has 0 saturated heterocycles. The van der Waals surface area contributed by atoms with Crippen LogP contribution in [0.4, 0.5) is 0 Å². The molecule has 0 N–H and O–H groups in total.